The quantitative estimate of drug-likeness (QED) is 0.784. The van der Waals surface area contributed by atoms with Crippen molar-refractivity contribution in [1.29, 1.82) is 0 Å². The van der Waals surface area contributed by atoms with Crippen LogP contribution in [0.5, 0.6) is 0 Å². The summed E-state index contributed by atoms with van der Waals surface area (Å²) >= 11 is 0. The normalized spacial score (nSPS) is 21.3. The molecule has 0 aromatic heterocycles. The van der Waals surface area contributed by atoms with Gasteiger partial charge in [-0.2, -0.15) is 5.11 Å². The highest BCUT2D eigenvalue weighted by Crippen LogP contribution is 2.33. The highest BCUT2D eigenvalue weighted by Gasteiger charge is 2.54. The van der Waals surface area contributed by atoms with Gasteiger partial charge in [0, 0.05) is 0 Å². The third-order valence-electron chi connectivity index (χ3n) is 5.30. The minimum atomic E-state index is -0.756. The lowest BCUT2D eigenvalue weighted by molar-refractivity contribution is -0.123. The number of carbonyl (C=O) groups excluding carboxylic acids is 2. The van der Waals surface area contributed by atoms with Crippen molar-refractivity contribution in [2.45, 2.75) is 45.8 Å². The van der Waals surface area contributed by atoms with E-state index in [2.05, 4.69) is 35.5 Å². The van der Waals surface area contributed by atoms with E-state index in [0.29, 0.717) is 12.2 Å². The zero-order valence-corrected chi connectivity index (χ0v) is 15.7. The smallest absolute Gasteiger partial charge is 0.263 e. The first-order valence-electron chi connectivity index (χ1n) is 9.20. The van der Waals surface area contributed by atoms with Crippen molar-refractivity contribution >= 4 is 17.5 Å². The van der Waals surface area contributed by atoms with Gasteiger partial charge in [-0.1, -0.05) is 48.0 Å². The first-order valence-corrected chi connectivity index (χ1v) is 9.20. The van der Waals surface area contributed by atoms with Crippen LogP contribution in [0.3, 0.4) is 0 Å². The highest BCUT2D eigenvalue weighted by molar-refractivity contribution is 6.25. The van der Waals surface area contributed by atoms with E-state index in [4.69, 9.17) is 0 Å². The topological polar surface area (TPSA) is 65.3 Å². The molecule has 2 atom stereocenters. The van der Waals surface area contributed by atoms with Gasteiger partial charge in [-0.05, 0) is 49.1 Å². The maximum atomic E-state index is 13.0. The molecule has 6 heteroatoms. The van der Waals surface area contributed by atoms with E-state index in [9.17, 15) is 9.59 Å². The number of imide groups is 1. The average Bonchev–Trinajstić information content (AvgIpc) is 3.18. The minimum absolute atomic E-state index is 0.260. The second-order valence-corrected chi connectivity index (χ2v) is 7.15. The molecule has 0 aliphatic carbocycles. The molecule has 1 fully saturated rings. The molecule has 6 nitrogen and oxygen atoms in total. The van der Waals surface area contributed by atoms with Gasteiger partial charge in [0.05, 0.1) is 12.2 Å². The number of amides is 2. The zero-order valence-electron chi connectivity index (χ0n) is 15.7. The van der Waals surface area contributed by atoms with Gasteiger partial charge < -0.3 is 0 Å². The van der Waals surface area contributed by atoms with Crippen molar-refractivity contribution < 1.29 is 9.59 Å². The zero-order chi connectivity index (χ0) is 19.1. The maximum absolute atomic E-state index is 13.0. The van der Waals surface area contributed by atoms with E-state index in [0.717, 1.165) is 28.7 Å². The Morgan fingerprint density at radius 3 is 2.44 bits per heavy atom. The summed E-state index contributed by atoms with van der Waals surface area (Å²) in [6.45, 7) is 6.59. The maximum Gasteiger partial charge on any atom is 0.263 e. The predicted molar refractivity (Wildman–Crippen MR) is 102 cm³/mol. The molecule has 0 saturated carbocycles. The molecule has 2 aromatic carbocycles. The first-order chi connectivity index (χ1) is 13.0. The van der Waals surface area contributed by atoms with Gasteiger partial charge in [0.2, 0.25) is 0 Å². The van der Waals surface area contributed by atoms with E-state index < -0.39 is 12.1 Å². The fourth-order valence-corrected chi connectivity index (χ4v) is 3.63. The molecule has 0 bridgehead atoms. The van der Waals surface area contributed by atoms with Crippen LogP contribution in [0.1, 0.15) is 29.2 Å². The lowest BCUT2D eigenvalue weighted by atomic mass is 10.0. The standard InChI is InChI=1S/C21H22N4O2/c1-4-15-7-9-17(10-8-15)25-20(26)18-19(21(25)27)24(23-22-18)12-16-11-13(2)5-6-14(16)3/h5-11,18-19H,4,12H2,1-3H3/t18-,19-/m1/s1. The lowest BCUT2D eigenvalue weighted by Crippen LogP contribution is -2.39. The molecule has 0 radical (unpaired) electrons. The minimum Gasteiger partial charge on any atom is -0.271 e. The van der Waals surface area contributed by atoms with Crippen LogP contribution in [0, 0.1) is 13.8 Å². The van der Waals surface area contributed by atoms with Gasteiger partial charge in [0.25, 0.3) is 11.8 Å². The Hall–Kier alpha value is -3.02. The lowest BCUT2D eigenvalue weighted by Gasteiger charge is -2.21. The fourth-order valence-electron chi connectivity index (χ4n) is 3.63. The van der Waals surface area contributed by atoms with E-state index in [1.54, 1.807) is 5.01 Å². The molecular weight excluding hydrogens is 340 g/mol. The number of nitrogens with zero attached hydrogens (tertiary/aromatic N) is 4. The van der Waals surface area contributed by atoms with E-state index in [-0.39, 0.29) is 11.8 Å². The van der Waals surface area contributed by atoms with Gasteiger partial charge in [0.15, 0.2) is 12.1 Å². The van der Waals surface area contributed by atoms with Crippen LogP contribution >= 0.6 is 0 Å². The Balaban J connectivity index is 1.60. The molecule has 0 N–H and O–H groups in total. The van der Waals surface area contributed by atoms with Crippen LogP contribution in [0.2, 0.25) is 0 Å². The summed E-state index contributed by atoms with van der Waals surface area (Å²) in [4.78, 5) is 27.1. The Kier molecular flexibility index (Phi) is 4.26. The molecular formula is C21H22N4O2. The third kappa shape index (κ3) is 2.91. The molecule has 2 heterocycles. The summed E-state index contributed by atoms with van der Waals surface area (Å²) in [5, 5.41) is 9.89. The summed E-state index contributed by atoms with van der Waals surface area (Å²) in [6, 6.07) is 12.3. The second-order valence-electron chi connectivity index (χ2n) is 7.15. The van der Waals surface area contributed by atoms with Crippen molar-refractivity contribution in [3.8, 4) is 0 Å². The molecule has 1 saturated heterocycles. The number of rotatable bonds is 4. The number of hydrogen-bond acceptors (Lipinski definition) is 5. The van der Waals surface area contributed by atoms with Gasteiger partial charge in [-0.25, -0.2) is 4.90 Å². The van der Waals surface area contributed by atoms with Crippen molar-refractivity contribution in [3.05, 3.63) is 64.7 Å². The van der Waals surface area contributed by atoms with Crippen molar-refractivity contribution in [1.82, 2.24) is 5.01 Å². The SMILES string of the molecule is CCc1ccc(N2C(=O)[C@@H]3N=NN(Cc4cc(C)ccc4C)[C@H]3C2=O)cc1. The number of benzene rings is 2. The Morgan fingerprint density at radius 1 is 1.00 bits per heavy atom. The summed E-state index contributed by atoms with van der Waals surface area (Å²) < 4.78 is 0. The molecule has 2 aromatic rings. The van der Waals surface area contributed by atoms with Gasteiger partial charge in [-0.3, -0.25) is 14.6 Å². The molecule has 2 aliphatic rings. The molecule has 27 heavy (non-hydrogen) atoms. The fraction of sp³-hybridized carbons (Fsp3) is 0.333. The number of aryl methyl sites for hydroxylation is 3. The van der Waals surface area contributed by atoms with Crippen molar-refractivity contribution in [2.75, 3.05) is 4.90 Å². The number of hydrogen-bond donors (Lipinski definition) is 0. The van der Waals surface area contributed by atoms with Crippen LogP contribution in [0.25, 0.3) is 0 Å². The molecule has 0 spiro atoms. The largest absolute Gasteiger partial charge is 0.271 e. The van der Waals surface area contributed by atoms with Gasteiger partial charge >= 0.3 is 0 Å². The first kappa shape index (κ1) is 17.4. The summed E-state index contributed by atoms with van der Waals surface area (Å²) in [5.74, 6) is -0.564. The molecule has 4 rings (SSSR count). The van der Waals surface area contributed by atoms with E-state index >= 15 is 0 Å². The van der Waals surface area contributed by atoms with E-state index in [1.807, 2.05) is 38.1 Å². The third-order valence-corrected chi connectivity index (χ3v) is 5.30. The van der Waals surface area contributed by atoms with Crippen LogP contribution in [-0.4, -0.2) is 28.9 Å². The highest BCUT2D eigenvalue weighted by atomic mass is 16.2. The number of anilines is 1. The van der Waals surface area contributed by atoms with Crippen LogP contribution in [0.4, 0.5) is 5.69 Å². The van der Waals surface area contributed by atoms with Gasteiger partial charge in [-0.15, -0.1) is 0 Å². The van der Waals surface area contributed by atoms with Crippen molar-refractivity contribution in [3.63, 3.8) is 0 Å². The second kappa shape index (κ2) is 6.61. The van der Waals surface area contributed by atoms with Crippen LogP contribution in [0.15, 0.2) is 52.8 Å². The number of carbonyl (C=O) groups is 2. The Labute approximate surface area is 158 Å². The summed E-state index contributed by atoms with van der Waals surface area (Å²) in [5.41, 5.74) is 5.12. The Morgan fingerprint density at radius 2 is 1.74 bits per heavy atom. The summed E-state index contributed by atoms with van der Waals surface area (Å²) in [7, 11) is 0. The Bertz CT molecular complexity index is 936. The molecule has 0 unspecified atom stereocenters. The number of fused-ring (bicyclic) bond motifs is 1. The van der Waals surface area contributed by atoms with Crippen LogP contribution < -0.4 is 4.90 Å². The van der Waals surface area contributed by atoms with E-state index in [1.165, 1.54) is 4.90 Å². The monoisotopic (exact) mass is 362 g/mol. The summed E-state index contributed by atoms with van der Waals surface area (Å²) in [6.07, 6.45) is 0.908. The van der Waals surface area contributed by atoms with Crippen molar-refractivity contribution in [2.24, 2.45) is 10.3 Å². The van der Waals surface area contributed by atoms with Crippen LogP contribution in [-0.2, 0) is 22.6 Å². The predicted octanol–water partition coefficient (Wildman–Crippen LogP) is 3.36. The molecule has 138 valence electrons. The average molecular weight is 362 g/mol. The van der Waals surface area contributed by atoms with Gasteiger partial charge in [0.1, 0.15) is 0 Å². The molecule has 2 amide bonds. The molecule has 2 aliphatic heterocycles.